The first kappa shape index (κ1) is 58.6. The molecule has 4 aliphatic carbocycles. The number of Topliss-reactive ketones (excluding diaryl/α,β-unsaturated/α-hetero) is 2. The maximum absolute atomic E-state index is 13.3. The summed E-state index contributed by atoms with van der Waals surface area (Å²) in [7, 11) is -1.69. The van der Waals surface area contributed by atoms with E-state index in [0.29, 0.717) is 37.4 Å². The van der Waals surface area contributed by atoms with E-state index < -0.39 is 71.7 Å². The van der Waals surface area contributed by atoms with Gasteiger partial charge in [-0.15, -0.1) is 23.2 Å². The third kappa shape index (κ3) is 14.3. The van der Waals surface area contributed by atoms with Crippen molar-refractivity contribution in [3.63, 3.8) is 0 Å². The number of nitrogens with two attached hydrogens (primary N) is 1. The van der Waals surface area contributed by atoms with Crippen LogP contribution in [0.1, 0.15) is 87.8 Å². The number of aliphatic hydroxyl groups is 2. The maximum atomic E-state index is 13.3. The van der Waals surface area contributed by atoms with Crippen molar-refractivity contribution < 1.29 is 54.1 Å². The standard InChI is InChI=1S/C21H26O5.C19H25BN4O4.C13H18Cl2N2O2/c1-19-7-5-13(23)9-12(19)3-4-14-15-6-8-21(26,17(25)11-22)20(15,2)10-16(24)18(14)19;1-13(2)10-17(20(27)28)24-18(25)15(11-14-6-4-3-5-7-14)23-19(26)16-12-21-8-9-22-16;14-5-7-17(8-6-15)11-3-1-10(2-4-11)9-12(16)13(18)19/h5,7,9,14-15,18,22,26H,3-4,6,8,10-11H2,1-2H3;3-9,12-13,15,17,27-28H,10-11H2,1-2H3,(H,23,26)(H,24,25);1-4,12H,5-9,16H2,(H,18,19)/t14-,15-,18+,19-,20-,21-;15-,17-;/m00./s1. The molecule has 3 aromatic rings. The summed E-state index contributed by atoms with van der Waals surface area (Å²) >= 11 is 11.5. The molecular formula is C53H69BCl2N6O11. The highest BCUT2D eigenvalue weighted by atomic mass is 35.5. The molecular weight excluding hydrogens is 978 g/mol. The van der Waals surface area contributed by atoms with E-state index in [0.717, 1.165) is 48.3 Å². The van der Waals surface area contributed by atoms with E-state index in [1.54, 1.807) is 12.2 Å². The molecule has 1 unspecified atom stereocenters. The summed E-state index contributed by atoms with van der Waals surface area (Å²) in [5.41, 5.74) is 6.50. The Balaban J connectivity index is 0.000000207. The van der Waals surface area contributed by atoms with Gasteiger partial charge in [-0.2, -0.15) is 0 Å². The molecule has 73 heavy (non-hydrogen) atoms. The monoisotopic (exact) mass is 1050 g/mol. The zero-order valence-corrected chi connectivity index (χ0v) is 43.3. The molecule has 0 spiro atoms. The van der Waals surface area contributed by atoms with Gasteiger partial charge < -0.3 is 46.6 Å². The average molecular weight is 1050 g/mol. The summed E-state index contributed by atoms with van der Waals surface area (Å²) in [6.07, 6.45) is 12.9. The largest absolute Gasteiger partial charge is 0.480 e. The molecule has 394 valence electrons. The quantitative estimate of drug-likeness (QED) is 0.0621. The van der Waals surface area contributed by atoms with E-state index in [-0.39, 0.29) is 53.8 Å². The van der Waals surface area contributed by atoms with Crippen molar-refractivity contribution in [2.75, 3.05) is 36.4 Å². The number of halogens is 2. The van der Waals surface area contributed by atoms with Crippen LogP contribution >= 0.6 is 23.2 Å². The fourth-order valence-corrected chi connectivity index (χ4v) is 11.5. The fraction of sp³-hybridized carbons (Fsp3) is 0.509. The normalized spacial score (nSPS) is 24.9. The number of aliphatic hydroxyl groups excluding tert-OH is 1. The fourth-order valence-electron chi connectivity index (χ4n) is 11.1. The summed E-state index contributed by atoms with van der Waals surface area (Å²) in [4.78, 5) is 83.2. The number of rotatable bonds is 19. The SMILES string of the molecule is CC(C)C[C@H](NC(=O)[C@H](Cc1ccccc1)NC(=O)c1cnccn1)B(O)O.C[C@]12C=CC(=O)C=C1CC[C@@H]1[C@@H]2C(=O)C[C@@]2(C)[C@H]1CC[C@]2(O)C(=O)CO.NC(Cc1ccc(N(CCCl)CCCl)cc1)C(=O)O. The van der Waals surface area contributed by atoms with Gasteiger partial charge in [-0.1, -0.05) is 81.8 Å². The third-order valence-corrected chi connectivity index (χ3v) is 15.2. The summed E-state index contributed by atoms with van der Waals surface area (Å²) in [5.74, 6) is -2.24. The summed E-state index contributed by atoms with van der Waals surface area (Å²) < 4.78 is 0. The van der Waals surface area contributed by atoms with Gasteiger partial charge in [0, 0.05) is 72.5 Å². The Kier molecular flexibility index (Phi) is 21.0. The van der Waals surface area contributed by atoms with Gasteiger partial charge in [0.1, 0.15) is 35.8 Å². The molecule has 0 radical (unpaired) electrons. The topological polar surface area (TPSA) is 283 Å². The van der Waals surface area contributed by atoms with Crippen LogP contribution in [0.2, 0.25) is 0 Å². The van der Waals surface area contributed by atoms with Crippen molar-refractivity contribution >= 4 is 71.1 Å². The van der Waals surface area contributed by atoms with Gasteiger partial charge in [0.05, 0.1) is 12.1 Å². The van der Waals surface area contributed by atoms with Crippen LogP contribution in [0.5, 0.6) is 0 Å². The molecule has 7 rings (SSSR count). The zero-order chi connectivity index (χ0) is 53.7. The van der Waals surface area contributed by atoms with E-state index in [1.165, 1.54) is 18.6 Å². The number of fused-ring (bicyclic) bond motifs is 5. The Morgan fingerprint density at radius 3 is 2.16 bits per heavy atom. The third-order valence-electron chi connectivity index (χ3n) is 14.9. The van der Waals surface area contributed by atoms with E-state index in [1.807, 2.05) is 88.4 Å². The Morgan fingerprint density at radius 1 is 0.932 bits per heavy atom. The molecule has 17 nitrogen and oxygen atoms in total. The minimum Gasteiger partial charge on any atom is -0.480 e. The lowest BCUT2D eigenvalue weighted by atomic mass is 9.46. The molecule has 3 fully saturated rings. The van der Waals surface area contributed by atoms with Crippen molar-refractivity contribution in [1.29, 1.82) is 0 Å². The predicted molar refractivity (Wildman–Crippen MR) is 278 cm³/mol. The van der Waals surface area contributed by atoms with Crippen LogP contribution in [-0.4, -0.2) is 133 Å². The number of aromatic nitrogens is 2. The highest BCUT2D eigenvalue weighted by Gasteiger charge is 2.68. The van der Waals surface area contributed by atoms with Crippen molar-refractivity contribution in [2.24, 2.45) is 40.2 Å². The van der Waals surface area contributed by atoms with Gasteiger partial charge >= 0.3 is 13.1 Å². The minimum atomic E-state index is -1.69. The van der Waals surface area contributed by atoms with Crippen LogP contribution in [0, 0.1) is 34.5 Å². The molecule has 2 amide bonds. The molecule has 0 aliphatic heterocycles. The first-order valence-electron chi connectivity index (χ1n) is 24.7. The lowest BCUT2D eigenvalue weighted by Crippen LogP contribution is -2.60. The number of alkyl halides is 2. The average Bonchev–Trinajstić information content (AvgIpc) is 3.63. The van der Waals surface area contributed by atoms with Crippen molar-refractivity contribution in [2.45, 2.75) is 103 Å². The molecule has 3 saturated carbocycles. The van der Waals surface area contributed by atoms with E-state index >= 15 is 0 Å². The Labute approximate surface area is 437 Å². The van der Waals surface area contributed by atoms with Crippen molar-refractivity contribution in [1.82, 2.24) is 20.6 Å². The van der Waals surface area contributed by atoms with Crippen LogP contribution in [0.3, 0.4) is 0 Å². The van der Waals surface area contributed by atoms with Gasteiger partial charge in [0.15, 0.2) is 11.6 Å². The van der Waals surface area contributed by atoms with Gasteiger partial charge in [-0.05, 0) is 91.7 Å². The number of anilines is 1. The predicted octanol–water partition coefficient (Wildman–Crippen LogP) is 4.05. The second-order valence-electron chi connectivity index (χ2n) is 20.2. The number of carbonyl (C=O) groups is 6. The van der Waals surface area contributed by atoms with Crippen LogP contribution in [0.15, 0.2) is 97.0 Å². The summed E-state index contributed by atoms with van der Waals surface area (Å²) in [6, 6.07) is 15.1. The Morgan fingerprint density at radius 2 is 1.59 bits per heavy atom. The van der Waals surface area contributed by atoms with Gasteiger partial charge in [0.25, 0.3) is 5.91 Å². The molecule has 2 aromatic carbocycles. The second kappa shape index (κ2) is 26.2. The number of hydrogen-bond donors (Lipinski definition) is 8. The number of nitrogens with zero attached hydrogens (tertiary/aromatic N) is 3. The molecule has 9 atom stereocenters. The Hall–Kier alpha value is -5.34. The van der Waals surface area contributed by atoms with Gasteiger partial charge in [0.2, 0.25) is 5.91 Å². The second-order valence-corrected chi connectivity index (χ2v) is 20.9. The lowest BCUT2D eigenvalue weighted by Gasteiger charge is -2.56. The summed E-state index contributed by atoms with van der Waals surface area (Å²) in [5, 5.41) is 53.7. The number of nitrogens with one attached hydrogen (secondary N) is 2. The van der Waals surface area contributed by atoms with E-state index in [2.05, 4.69) is 25.5 Å². The lowest BCUT2D eigenvalue weighted by molar-refractivity contribution is -0.168. The van der Waals surface area contributed by atoms with Crippen molar-refractivity contribution in [3.05, 3.63) is 114 Å². The highest BCUT2D eigenvalue weighted by molar-refractivity contribution is 6.43. The number of aliphatic carboxylic acids is 1. The number of carbonyl (C=O) groups excluding carboxylic acids is 5. The molecule has 9 N–H and O–H groups in total. The molecule has 4 aliphatic rings. The number of amides is 2. The van der Waals surface area contributed by atoms with Crippen LogP contribution in [0.25, 0.3) is 0 Å². The van der Waals surface area contributed by atoms with E-state index in [9.17, 15) is 49.0 Å². The first-order chi connectivity index (χ1) is 34.6. The van der Waals surface area contributed by atoms with Crippen LogP contribution in [-0.2, 0) is 36.8 Å². The van der Waals surface area contributed by atoms with Crippen LogP contribution < -0.4 is 21.3 Å². The molecule has 0 bridgehead atoms. The number of allylic oxidation sites excluding steroid dienone is 4. The number of benzene rings is 2. The summed E-state index contributed by atoms with van der Waals surface area (Å²) in [6.45, 7) is 8.47. The maximum Gasteiger partial charge on any atom is 0.475 e. The molecule has 1 aromatic heterocycles. The number of hydrogen-bond acceptors (Lipinski definition) is 14. The smallest absolute Gasteiger partial charge is 0.475 e. The highest BCUT2D eigenvalue weighted by Crippen LogP contribution is 2.66. The van der Waals surface area contributed by atoms with Crippen LogP contribution in [0.4, 0.5) is 5.69 Å². The van der Waals surface area contributed by atoms with Gasteiger partial charge in [-0.3, -0.25) is 33.8 Å². The molecule has 20 heteroatoms. The van der Waals surface area contributed by atoms with Crippen molar-refractivity contribution in [3.8, 4) is 0 Å². The number of ketones is 3. The van der Waals surface area contributed by atoms with Gasteiger partial charge in [-0.25, -0.2) is 4.98 Å². The number of carboxylic acid groups (broad SMARTS) is 1. The molecule has 0 saturated heterocycles. The zero-order valence-electron chi connectivity index (χ0n) is 41.8. The molecule has 1 heterocycles. The first-order valence-corrected chi connectivity index (χ1v) is 25.7. The Bertz CT molecular complexity index is 2450. The van der Waals surface area contributed by atoms with E-state index in [4.69, 9.17) is 34.0 Å². The number of carboxylic acids is 1. The minimum absolute atomic E-state index is 0.0206.